The maximum Gasteiger partial charge on any atom is 0.255 e. The number of rotatable bonds is 3. The predicted octanol–water partition coefficient (Wildman–Crippen LogP) is 3.14. The van der Waals surface area contributed by atoms with Crippen LogP contribution < -0.4 is 0 Å². The molecule has 8 heteroatoms. The number of piperazine rings is 1. The minimum absolute atomic E-state index is 0.0496. The zero-order valence-electron chi connectivity index (χ0n) is 16.8. The maximum absolute atomic E-state index is 13.1. The molecular formula is C22H22FN3O3S. The first-order chi connectivity index (χ1) is 14.3. The Kier molecular flexibility index (Phi) is 5.29. The highest BCUT2D eigenvalue weighted by molar-refractivity contribution is 7.89. The van der Waals surface area contributed by atoms with E-state index in [0.717, 1.165) is 28.6 Å². The summed E-state index contributed by atoms with van der Waals surface area (Å²) in [4.78, 5) is 19.3. The normalized spacial score (nSPS) is 15.5. The van der Waals surface area contributed by atoms with E-state index in [1.165, 1.54) is 16.4 Å². The van der Waals surface area contributed by atoms with Gasteiger partial charge in [0.15, 0.2) is 0 Å². The molecular weight excluding hydrogens is 405 g/mol. The highest BCUT2D eigenvalue weighted by Gasteiger charge is 2.31. The van der Waals surface area contributed by atoms with Gasteiger partial charge in [-0.3, -0.25) is 9.78 Å². The molecule has 0 aliphatic carbocycles. The Balaban J connectivity index is 1.51. The molecule has 4 rings (SSSR count). The third kappa shape index (κ3) is 3.80. The average Bonchev–Trinajstić information content (AvgIpc) is 2.73. The number of nitrogens with zero attached hydrogens (tertiary/aromatic N) is 3. The number of carbonyl (C=O) groups is 1. The van der Waals surface area contributed by atoms with Crippen molar-refractivity contribution in [3.05, 3.63) is 71.2 Å². The zero-order chi connectivity index (χ0) is 21.5. The lowest BCUT2D eigenvalue weighted by Crippen LogP contribution is -2.50. The minimum atomic E-state index is -3.72. The van der Waals surface area contributed by atoms with Crippen LogP contribution in [-0.2, 0) is 10.0 Å². The van der Waals surface area contributed by atoms with E-state index in [2.05, 4.69) is 4.98 Å². The lowest BCUT2D eigenvalue weighted by atomic mass is 10.1. The number of aromatic nitrogens is 1. The molecule has 0 radical (unpaired) electrons. The molecule has 0 saturated carbocycles. The Labute approximate surface area is 175 Å². The van der Waals surface area contributed by atoms with Crippen molar-refractivity contribution in [1.29, 1.82) is 0 Å². The van der Waals surface area contributed by atoms with Gasteiger partial charge in [-0.15, -0.1) is 0 Å². The number of carbonyl (C=O) groups excluding carboxylic acids is 1. The van der Waals surface area contributed by atoms with Crippen LogP contribution in [0.5, 0.6) is 0 Å². The van der Waals surface area contributed by atoms with Crippen molar-refractivity contribution >= 4 is 26.8 Å². The summed E-state index contributed by atoms with van der Waals surface area (Å²) in [5, 5.41) is 0.904. The number of fused-ring (bicyclic) bond motifs is 1. The smallest absolute Gasteiger partial charge is 0.255 e. The van der Waals surface area contributed by atoms with Gasteiger partial charge in [-0.2, -0.15) is 4.31 Å². The first kappa shape index (κ1) is 20.4. The number of benzene rings is 2. The third-order valence-electron chi connectivity index (χ3n) is 5.37. The van der Waals surface area contributed by atoms with E-state index in [1.807, 2.05) is 38.1 Å². The van der Waals surface area contributed by atoms with Crippen molar-refractivity contribution in [2.75, 3.05) is 26.2 Å². The van der Waals surface area contributed by atoms with Crippen molar-refractivity contribution in [1.82, 2.24) is 14.2 Å². The molecule has 1 aliphatic rings. The first-order valence-electron chi connectivity index (χ1n) is 9.69. The highest BCUT2D eigenvalue weighted by Crippen LogP contribution is 2.22. The Morgan fingerprint density at radius 3 is 2.30 bits per heavy atom. The summed E-state index contributed by atoms with van der Waals surface area (Å²) in [6.07, 6.45) is 0. The van der Waals surface area contributed by atoms with Crippen molar-refractivity contribution in [2.45, 2.75) is 18.7 Å². The van der Waals surface area contributed by atoms with E-state index in [4.69, 9.17) is 0 Å². The fourth-order valence-electron chi connectivity index (χ4n) is 3.67. The second kappa shape index (κ2) is 7.77. The van der Waals surface area contributed by atoms with Gasteiger partial charge >= 0.3 is 0 Å². The van der Waals surface area contributed by atoms with Gasteiger partial charge in [0.25, 0.3) is 5.91 Å². The molecule has 1 aliphatic heterocycles. The number of hydrogen-bond acceptors (Lipinski definition) is 4. The Hall–Kier alpha value is -2.84. The largest absolute Gasteiger partial charge is 0.336 e. The second-order valence-corrected chi connectivity index (χ2v) is 9.41. The predicted molar refractivity (Wildman–Crippen MR) is 112 cm³/mol. The number of amides is 1. The quantitative estimate of drug-likeness (QED) is 0.644. The summed E-state index contributed by atoms with van der Waals surface area (Å²) < 4.78 is 40.0. The Bertz CT molecular complexity index is 1220. The molecule has 1 amide bonds. The van der Waals surface area contributed by atoms with Crippen molar-refractivity contribution in [3.8, 4) is 0 Å². The summed E-state index contributed by atoms with van der Waals surface area (Å²) in [6.45, 7) is 4.73. The van der Waals surface area contributed by atoms with Crippen LogP contribution in [0.4, 0.5) is 4.39 Å². The number of halogens is 1. The summed E-state index contributed by atoms with van der Waals surface area (Å²) in [5.41, 5.74) is 3.11. The third-order valence-corrected chi connectivity index (χ3v) is 7.28. The van der Waals surface area contributed by atoms with Crippen LogP contribution >= 0.6 is 0 Å². The summed E-state index contributed by atoms with van der Waals surface area (Å²) >= 11 is 0. The molecule has 156 valence electrons. The fraction of sp³-hybridized carbons (Fsp3) is 0.273. The van der Waals surface area contributed by atoms with Gasteiger partial charge in [0.1, 0.15) is 5.82 Å². The molecule has 1 saturated heterocycles. The summed E-state index contributed by atoms with van der Waals surface area (Å²) in [7, 11) is -3.72. The van der Waals surface area contributed by atoms with E-state index < -0.39 is 15.8 Å². The molecule has 30 heavy (non-hydrogen) atoms. The van der Waals surface area contributed by atoms with Gasteiger partial charge in [-0.05, 0) is 56.3 Å². The molecule has 0 atom stereocenters. The standard InChI is InChI=1S/C22H22FN3O3S/c1-15-3-8-21-17(13-15)14-20(16(2)24-21)22(27)25-9-11-26(12-10-25)30(28,29)19-6-4-18(23)5-7-19/h3-8,13-14H,9-12H2,1-2H3. The van der Waals surface area contributed by atoms with Gasteiger partial charge in [-0.1, -0.05) is 11.6 Å². The van der Waals surface area contributed by atoms with Gasteiger partial charge in [0.05, 0.1) is 21.7 Å². The molecule has 0 N–H and O–H groups in total. The lowest BCUT2D eigenvalue weighted by Gasteiger charge is -2.34. The first-order valence-corrected chi connectivity index (χ1v) is 11.1. The van der Waals surface area contributed by atoms with Gasteiger partial charge in [-0.25, -0.2) is 12.8 Å². The van der Waals surface area contributed by atoms with E-state index in [9.17, 15) is 17.6 Å². The molecule has 6 nitrogen and oxygen atoms in total. The topological polar surface area (TPSA) is 70.6 Å². The molecule has 0 unspecified atom stereocenters. The Morgan fingerprint density at radius 2 is 1.63 bits per heavy atom. The Morgan fingerprint density at radius 1 is 0.967 bits per heavy atom. The van der Waals surface area contributed by atoms with E-state index in [0.29, 0.717) is 11.3 Å². The van der Waals surface area contributed by atoms with E-state index in [1.54, 1.807) is 4.90 Å². The zero-order valence-corrected chi connectivity index (χ0v) is 17.6. The van der Waals surface area contributed by atoms with Gasteiger partial charge in [0.2, 0.25) is 10.0 Å². The lowest BCUT2D eigenvalue weighted by molar-refractivity contribution is 0.0697. The van der Waals surface area contributed by atoms with Crippen LogP contribution in [0, 0.1) is 19.7 Å². The molecule has 1 fully saturated rings. The SMILES string of the molecule is Cc1ccc2nc(C)c(C(=O)N3CCN(S(=O)(=O)c4ccc(F)cc4)CC3)cc2c1. The van der Waals surface area contributed by atoms with Crippen LogP contribution in [0.15, 0.2) is 53.4 Å². The average molecular weight is 428 g/mol. The number of pyridine rings is 1. The monoisotopic (exact) mass is 427 g/mol. The molecule has 2 aromatic carbocycles. The number of aryl methyl sites for hydroxylation is 2. The van der Waals surface area contributed by atoms with E-state index in [-0.39, 0.29) is 37.0 Å². The van der Waals surface area contributed by atoms with Crippen LogP contribution in [0.25, 0.3) is 10.9 Å². The molecule has 0 bridgehead atoms. The van der Waals surface area contributed by atoms with Crippen LogP contribution in [-0.4, -0.2) is 54.7 Å². The second-order valence-electron chi connectivity index (χ2n) is 7.47. The van der Waals surface area contributed by atoms with Crippen molar-refractivity contribution in [3.63, 3.8) is 0 Å². The van der Waals surface area contributed by atoms with Gasteiger partial charge in [0, 0.05) is 31.6 Å². The molecule has 1 aromatic heterocycles. The van der Waals surface area contributed by atoms with Crippen molar-refractivity contribution < 1.29 is 17.6 Å². The molecule has 0 spiro atoms. The minimum Gasteiger partial charge on any atom is -0.336 e. The number of sulfonamides is 1. The summed E-state index contributed by atoms with van der Waals surface area (Å²) in [6, 6.07) is 12.5. The number of hydrogen-bond donors (Lipinski definition) is 0. The van der Waals surface area contributed by atoms with Crippen LogP contribution in [0.1, 0.15) is 21.6 Å². The maximum atomic E-state index is 13.1. The molecule has 2 heterocycles. The van der Waals surface area contributed by atoms with Crippen molar-refractivity contribution in [2.24, 2.45) is 0 Å². The van der Waals surface area contributed by atoms with Gasteiger partial charge < -0.3 is 4.90 Å². The van der Waals surface area contributed by atoms with E-state index >= 15 is 0 Å². The van der Waals surface area contributed by atoms with Crippen LogP contribution in [0.2, 0.25) is 0 Å². The summed E-state index contributed by atoms with van der Waals surface area (Å²) in [5.74, 6) is -0.638. The highest BCUT2D eigenvalue weighted by atomic mass is 32.2. The molecule has 3 aromatic rings. The van der Waals surface area contributed by atoms with Crippen LogP contribution in [0.3, 0.4) is 0 Å². The fourth-order valence-corrected chi connectivity index (χ4v) is 5.09.